The molecular weight excluding hydrogens is 380 g/mol. The molecule has 0 unspecified atom stereocenters. The Kier molecular flexibility index (Phi) is 4.74. The van der Waals surface area contributed by atoms with E-state index in [-0.39, 0.29) is 0 Å². The largest absolute Gasteiger partial charge is 0.416 e. The van der Waals surface area contributed by atoms with Crippen molar-refractivity contribution in [2.45, 2.75) is 24.3 Å². The van der Waals surface area contributed by atoms with E-state index in [1.54, 1.807) is 34.0 Å². The second kappa shape index (κ2) is 7.14. The second-order valence-electron chi connectivity index (χ2n) is 4.94. The number of nitrogens with zero attached hydrogens (tertiary/aromatic N) is 4. The Morgan fingerprint density at radius 3 is 2.79 bits per heavy atom. The quantitative estimate of drug-likeness (QED) is 0.435. The Morgan fingerprint density at radius 1 is 1.08 bits per heavy atom. The van der Waals surface area contributed by atoms with E-state index in [4.69, 9.17) is 4.42 Å². The van der Waals surface area contributed by atoms with Crippen molar-refractivity contribution < 1.29 is 4.42 Å². The molecule has 0 aliphatic heterocycles. The standard InChI is InChI=1S/C15H12N4OS4/c1-9-16-11(6-22-9)4-13-18-19-15(20-13)24-8-12-7-23-14(17-12)10-2-3-21-5-10/h2-3,5-7H,4,8H2,1H3. The van der Waals surface area contributed by atoms with Gasteiger partial charge in [0.25, 0.3) is 5.22 Å². The lowest BCUT2D eigenvalue weighted by atomic mass is 10.3. The van der Waals surface area contributed by atoms with Crippen molar-refractivity contribution in [3.05, 3.63) is 49.9 Å². The molecule has 0 radical (unpaired) electrons. The number of thioether (sulfide) groups is 1. The number of thiazole rings is 2. The highest BCUT2D eigenvalue weighted by molar-refractivity contribution is 7.98. The van der Waals surface area contributed by atoms with Gasteiger partial charge >= 0.3 is 0 Å². The zero-order valence-electron chi connectivity index (χ0n) is 12.6. The first kappa shape index (κ1) is 15.9. The molecule has 0 aliphatic carbocycles. The maximum atomic E-state index is 5.68. The van der Waals surface area contributed by atoms with Crippen LogP contribution in [-0.2, 0) is 12.2 Å². The lowest BCUT2D eigenvalue weighted by Gasteiger charge is -1.93. The summed E-state index contributed by atoms with van der Waals surface area (Å²) in [5.74, 6) is 1.32. The normalized spacial score (nSPS) is 11.2. The molecule has 0 atom stereocenters. The van der Waals surface area contributed by atoms with Gasteiger partial charge in [0.2, 0.25) is 5.89 Å². The number of aromatic nitrogens is 4. The van der Waals surface area contributed by atoms with Crippen molar-refractivity contribution in [1.82, 2.24) is 20.2 Å². The molecule has 0 N–H and O–H groups in total. The first-order chi connectivity index (χ1) is 11.8. The van der Waals surface area contributed by atoms with Gasteiger partial charge in [0.1, 0.15) is 5.01 Å². The highest BCUT2D eigenvalue weighted by Crippen LogP contribution is 2.28. The van der Waals surface area contributed by atoms with Crippen molar-refractivity contribution in [1.29, 1.82) is 0 Å². The summed E-state index contributed by atoms with van der Waals surface area (Å²) in [6.45, 7) is 1.99. The smallest absolute Gasteiger partial charge is 0.276 e. The highest BCUT2D eigenvalue weighted by Gasteiger charge is 2.11. The van der Waals surface area contributed by atoms with Crippen LogP contribution in [0.2, 0.25) is 0 Å². The third-order valence-corrected chi connectivity index (χ3v) is 6.41. The van der Waals surface area contributed by atoms with Gasteiger partial charge < -0.3 is 4.42 Å². The maximum absolute atomic E-state index is 5.68. The van der Waals surface area contributed by atoms with E-state index >= 15 is 0 Å². The van der Waals surface area contributed by atoms with Crippen LogP contribution in [0, 0.1) is 6.92 Å². The number of thiophene rings is 1. The van der Waals surface area contributed by atoms with Crippen LogP contribution >= 0.6 is 45.8 Å². The van der Waals surface area contributed by atoms with Crippen LogP contribution in [0.1, 0.15) is 22.3 Å². The summed E-state index contributed by atoms with van der Waals surface area (Å²) < 4.78 is 5.68. The van der Waals surface area contributed by atoms with Crippen molar-refractivity contribution in [2.24, 2.45) is 0 Å². The van der Waals surface area contributed by atoms with E-state index < -0.39 is 0 Å². The molecule has 9 heteroatoms. The third-order valence-electron chi connectivity index (χ3n) is 3.11. The Labute approximate surface area is 154 Å². The highest BCUT2D eigenvalue weighted by atomic mass is 32.2. The van der Waals surface area contributed by atoms with E-state index in [2.05, 4.69) is 42.4 Å². The lowest BCUT2D eigenvalue weighted by molar-refractivity contribution is 0.419. The van der Waals surface area contributed by atoms with Crippen LogP contribution in [0.25, 0.3) is 10.6 Å². The van der Waals surface area contributed by atoms with E-state index in [9.17, 15) is 0 Å². The fourth-order valence-corrected chi connectivity index (χ4v) is 4.96. The Bertz CT molecular complexity index is 925. The van der Waals surface area contributed by atoms with E-state index in [0.29, 0.717) is 17.5 Å². The number of hydrogen-bond acceptors (Lipinski definition) is 9. The van der Waals surface area contributed by atoms with Crippen LogP contribution in [0.15, 0.2) is 37.2 Å². The molecule has 4 rings (SSSR count). The zero-order valence-corrected chi connectivity index (χ0v) is 15.9. The fourth-order valence-electron chi connectivity index (χ4n) is 2.04. The van der Waals surface area contributed by atoms with Crippen LogP contribution in [0.3, 0.4) is 0 Å². The summed E-state index contributed by atoms with van der Waals surface area (Å²) in [7, 11) is 0. The minimum atomic E-state index is 0.571. The predicted octanol–water partition coefficient (Wildman–Crippen LogP) is 4.90. The van der Waals surface area contributed by atoms with Crippen LogP contribution in [0.4, 0.5) is 0 Å². The minimum Gasteiger partial charge on any atom is -0.416 e. The van der Waals surface area contributed by atoms with Crippen molar-refractivity contribution >= 4 is 45.8 Å². The molecule has 122 valence electrons. The molecule has 4 heterocycles. The molecule has 4 aromatic heterocycles. The molecule has 4 aromatic rings. The molecule has 0 bridgehead atoms. The molecule has 0 aromatic carbocycles. The van der Waals surface area contributed by atoms with Crippen LogP contribution in [-0.4, -0.2) is 20.2 Å². The lowest BCUT2D eigenvalue weighted by Crippen LogP contribution is -1.88. The summed E-state index contributed by atoms with van der Waals surface area (Å²) in [6.07, 6.45) is 0.580. The van der Waals surface area contributed by atoms with Gasteiger partial charge in [0.15, 0.2) is 0 Å². The third kappa shape index (κ3) is 3.75. The number of rotatable bonds is 6. The summed E-state index contributed by atoms with van der Waals surface area (Å²) in [5, 5.41) is 19.1. The topological polar surface area (TPSA) is 64.7 Å². The number of aryl methyl sites for hydroxylation is 1. The van der Waals surface area contributed by atoms with Crippen molar-refractivity contribution in [3.63, 3.8) is 0 Å². The van der Waals surface area contributed by atoms with Gasteiger partial charge in [-0.15, -0.1) is 32.9 Å². The summed E-state index contributed by atoms with van der Waals surface area (Å²) in [5.41, 5.74) is 3.18. The average Bonchev–Trinajstić information content (AvgIpc) is 3.34. The SMILES string of the molecule is Cc1nc(Cc2nnc(SCc3csc(-c4ccsc4)n3)o2)cs1. The van der Waals surface area contributed by atoms with Gasteiger partial charge in [-0.2, -0.15) is 11.3 Å². The van der Waals surface area contributed by atoms with Crippen molar-refractivity contribution in [2.75, 3.05) is 0 Å². The molecular formula is C15H12N4OS4. The van der Waals surface area contributed by atoms with Gasteiger partial charge in [0.05, 0.1) is 22.8 Å². The predicted molar refractivity (Wildman–Crippen MR) is 98.9 cm³/mol. The monoisotopic (exact) mass is 392 g/mol. The first-order valence-corrected chi connectivity index (χ1v) is 10.8. The van der Waals surface area contributed by atoms with E-state index in [1.165, 1.54) is 17.3 Å². The molecule has 0 saturated heterocycles. The van der Waals surface area contributed by atoms with E-state index in [0.717, 1.165) is 27.2 Å². The number of hydrogen-bond donors (Lipinski definition) is 0. The van der Waals surface area contributed by atoms with Gasteiger partial charge in [-0.05, 0) is 18.4 Å². The Hall–Kier alpha value is -1.55. The molecule has 24 heavy (non-hydrogen) atoms. The van der Waals surface area contributed by atoms with Gasteiger partial charge in [-0.3, -0.25) is 0 Å². The second-order valence-corrected chi connectivity index (χ2v) is 8.57. The molecule has 0 spiro atoms. The van der Waals surface area contributed by atoms with Crippen LogP contribution < -0.4 is 0 Å². The van der Waals surface area contributed by atoms with Gasteiger partial charge in [-0.25, -0.2) is 9.97 Å². The van der Waals surface area contributed by atoms with Gasteiger partial charge in [0, 0.05) is 27.5 Å². The van der Waals surface area contributed by atoms with Gasteiger partial charge in [-0.1, -0.05) is 11.8 Å². The average molecular weight is 393 g/mol. The fraction of sp³-hybridized carbons (Fsp3) is 0.200. The Balaban J connectivity index is 1.36. The van der Waals surface area contributed by atoms with Crippen LogP contribution in [0.5, 0.6) is 0 Å². The first-order valence-electron chi connectivity index (χ1n) is 7.09. The molecule has 0 amide bonds. The summed E-state index contributed by atoms with van der Waals surface area (Å²) in [4.78, 5) is 9.06. The molecule has 0 fully saturated rings. The van der Waals surface area contributed by atoms with Crippen molar-refractivity contribution in [3.8, 4) is 10.6 Å². The zero-order chi connectivity index (χ0) is 16.4. The minimum absolute atomic E-state index is 0.571. The summed E-state index contributed by atoms with van der Waals surface area (Å²) in [6, 6.07) is 2.09. The summed E-state index contributed by atoms with van der Waals surface area (Å²) >= 11 is 6.48. The molecule has 5 nitrogen and oxygen atoms in total. The molecule has 0 aliphatic rings. The Morgan fingerprint density at radius 2 is 2.00 bits per heavy atom. The maximum Gasteiger partial charge on any atom is 0.276 e. The molecule has 0 saturated carbocycles. The van der Waals surface area contributed by atoms with E-state index in [1.807, 2.05) is 12.3 Å².